The number of nitrogens with one attached hydrogen (secondary N) is 1. The number of carbonyl (C=O) groups is 1. The van der Waals surface area contributed by atoms with Crippen LogP contribution in [0.5, 0.6) is 0 Å². The van der Waals surface area contributed by atoms with E-state index in [1.807, 2.05) is 20.8 Å². The van der Waals surface area contributed by atoms with E-state index in [9.17, 15) is 9.90 Å². The molecule has 1 amide bonds. The summed E-state index contributed by atoms with van der Waals surface area (Å²) in [5.41, 5.74) is 9.15. The largest absolute Gasteiger partial charge is 0.443 e. The predicted molar refractivity (Wildman–Crippen MR) is 101 cm³/mol. The number of nitrogen functional groups attached to an aromatic ring is 1. The number of nitrogens with two attached hydrogens (primary N) is 1. The van der Waals surface area contributed by atoms with Crippen molar-refractivity contribution in [3.05, 3.63) is 6.33 Å². The summed E-state index contributed by atoms with van der Waals surface area (Å²) in [4.78, 5) is 25.4. The number of imidazole rings is 1. The Morgan fingerprint density at radius 2 is 2.11 bits per heavy atom. The number of ether oxygens (including phenoxy) is 1. The minimum atomic E-state index is -0.617. The average Bonchev–Trinajstić information content (AvgIpc) is 3.21. The summed E-state index contributed by atoms with van der Waals surface area (Å²) in [6.07, 6.45) is 4.99. The van der Waals surface area contributed by atoms with Gasteiger partial charge in [0.15, 0.2) is 17.0 Å². The number of carbonyl (C=O) groups excluding carboxylic acids is 1. The fourth-order valence-electron chi connectivity index (χ4n) is 3.26. The summed E-state index contributed by atoms with van der Waals surface area (Å²) in [5.74, 6) is 0.512. The average molecular weight is 377 g/mol. The maximum Gasteiger partial charge on any atom is 0.426 e. The third-order valence-corrected chi connectivity index (χ3v) is 4.33. The van der Waals surface area contributed by atoms with Gasteiger partial charge in [-0.05, 0) is 33.6 Å². The van der Waals surface area contributed by atoms with Crippen LogP contribution < -0.4 is 16.2 Å². The third kappa shape index (κ3) is 4.38. The van der Waals surface area contributed by atoms with Gasteiger partial charge in [-0.1, -0.05) is 12.8 Å². The van der Waals surface area contributed by atoms with Crippen molar-refractivity contribution in [1.82, 2.24) is 24.9 Å². The van der Waals surface area contributed by atoms with Crippen LogP contribution in [0.3, 0.4) is 0 Å². The molecule has 0 aromatic carbocycles. The monoisotopic (exact) mass is 377 g/mol. The molecule has 0 saturated heterocycles. The van der Waals surface area contributed by atoms with Crippen molar-refractivity contribution >= 4 is 29.0 Å². The third-order valence-electron chi connectivity index (χ3n) is 4.33. The standard InChI is InChI=1S/C17H27N7O3/c1-17(2,3)27-16(26)22-24(11-6-4-5-7-11)14-12-13(20-15(18)21-14)23(8-9-25)10-19-12/h10-11,25H,4-9H2,1-3H3,(H,22,26)(H2,18,20,21). The van der Waals surface area contributed by atoms with Crippen molar-refractivity contribution < 1.29 is 14.6 Å². The van der Waals surface area contributed by atoms with E-state index < -0.39 is 11.7 Å². The molecule has 0 atom stereocenters. The van der Waals surface area contributed by atoms with E-state index in [4.69, 9.17) is 10.5 Å². The van der Waals surface area contributed by atoms with Gasteiger partial charge in [-0.15, -0.1) is 0 Å². The van der Waals surface area contributed by atoms with Gasteiger partial charge in [0.25, 0.3) is 0 Å². The highest BCUT2D eigenvalue weighted by molar-refractivity contribution is 5.86. The van der Waals surface area contributed by atoms with E-state index in [0.29, 0.717) is 23.5 Å². The number of hydrogen-bond donors (Lipinski definition) is 3. The van der Waals surface area contributed by atoms with Gasteiger partial charge in [0, 0.05) is 6.54 Å². The molecule has 2 heterocycles. The molecule has 27 heavy (non-hydrogen) atoms. The van der Waals surface area contributed by atoms with Crippen molar-refractivity contribution in [3.8, 4) is 0 Å². The van der Waals surface area contributed by atoms with Gasteiger partial charge in [-0.2, -0.15) is 9.97 Å². The Morgan fingerprint density at radius 1 is 1.41 bits per heavy atom. The van der Waals surface area contributed by atoms with Crippen molar-refractivity contribution in [1.29, 1.82) is 0 Å². The maximum absolute atomic E-state index is 12.4. The van der Waals surface area contributed by atoms with Crippen LogP contribution in [0.15, 0.2) is 6.33 Å². The molecule has 148 valence electrons. The second-order valence-corrected chi connectivity index (χ2v) is 7.66. The Morgan fingerprint density at radius 3 is 2.74 bits per heavy atom. The first kappa shape index (κ1) is 19.2. The SMILES string of the molecule is CC(C)(C)OC(=O)NN(c1nc(N)nc2c1ncn2CCO)C1CCCC1. The Labute approximate surface area is 157 Å². The summed E-state index contributed by atoms with van der Waals surface area (Å²) in [6.45, 7) is 5.72. The van der Waals surface area contributed by atoms with E-state index in [1.54, 1.807) is 15.9 Å². The molecular weight excluding hydrogens is 350 g/mol. The molecule has 0 bridgehead atoms. The second kappa shape index (κ2) is 7.55. The normalized spacial score (nSPS) is 15.3. The first-order chi connectivity index (χ1) is 12.8. The zero-order valence-electron chi connectivity index (χ0n) is 16.0. The fourth-order valence-corrected chi connectivity index (χ4v) is 3.26. The van der Waals surface area contributed by atoms with Gasteiger partial charge in [0.05, 0.1) is 19.0 Å². The molecule has 1 saturated carbocycles. The number of amides is 1. The summed E-state index contributed by atoms with van der Waals surface area (Å²) in [7, 11) is 0. The molecule has 0 spiro atoms. The zero-order valence-corrected chi connectivity index (χ0v) is 16.0. The zero-order chi connectivity index (χ0) is 19.6. The molecular formula is C17H27N7O3. The highest BCUT2D eigenvalue weighted by Gasteiger charge is 2.30. The number of nitrogens with zero attached hydrogens (tertiary/aromatic N) is 5. The number of fused-ring (bicyclic) bond motifs is 1. The van der Waals surface area contributed by atoms with E-state index in [0.717, 1.165) is 25.7 Å². The van der Waals surface area contributed by atoms with Crippen LogP contribution in [0.2, 0.25) is 0 Å². The molecule has 2 aromatic heterocycles. The fraction of sp³-hybridized carbons (Fsp3) is 0.647. The number of hydrazine groups is 1. The molecule has 0 aliphatic heterocycles. The maximum atomic E-state index is 12.4. The van der Waals surface area contributed by atoms with Gasteiger partial charge < -0.3 is 20.1 Å². The predicted octanol–water partition coefficient (Wildman–Crippen LogP) is 1.59. The van der Waals surface area contributed by atoms with Crippen molar-refractivity contribution in [3.63, 3.8) is 0 Å². The molecule has 1 aliphatic carbocycles. The van der Waals surface area contributed by atoms with E-state index >= 15 is 0 Å². The van der Waals surface area contributed by atoms with Gasteiger partial charge in [0.2, 0.25) is 5.95 Å². The van der Waals surface area contributed by atoms with E-state index in [2.05, 4.69) is 20.4 Å². The highest BCUT2D eigenvalue weighted by Crippen LogP contribution is 2.30. The molecule has 10 nitrogen and oxygen atoms in total. The van der Waals surface area contributed by atoms with Gasteiger partial charge in [0.1, 0.15) is 5.60 Å². The number of aliphatic hydroxyl groups excluding tert-OH is 1. The molecule has 10 heteroatoms. The minimum Gasteiger partial charge on any atom is -0.443 e. The molecule has 3 rings (SSSR count). The minimum absolute atomic E-state index is 0.0484. The Kier molecular flexibility index (Phi) is 5.36. The van der Waals surface area contributed by atoms with Crippen LogP contribution in [0, 0.1) is 0 Å². The van der Waals surface area contributed by atoms with Crippen LogP contribution in [-0.2, 0) is 11.3 Å². The first-order valence-corrected chi connectivity index (χ1v) is 9.16. The Bertz CT molecular complexity index is 809. The van der Waals surface area contributed by atoms with Crippen LogP contribution in [-0.4, -0.2) is 49.0 Å². The lowest BCUT2D eigenvalue weighted by atomic mass is 10.2. The van der Waals surface area contributed by atoms with Crippen LogP contribution >= 0.6 is 0 Å². The number of aromatic nitrogens is 4. The lowest BCUT2D eigenvalue weighted by Crippen LogP contribution is -2.50. The molecule has 0 radical (unpaired) electrons. The molecule has 4 N–H and O–H groups in total. The number of hydrogen-bond acceptors (Lipinski definition) is 8. The van der Waals surface area contributed by atoms with E-state index in [1.165, 1.54) is 0 Å². The lowest BCUT2D eigenvalue weighted by Gasteiger charge is -2.31. The summed E-state index contributed by atoms with van der Waals surface area (Å²) in [5, 5.41) is 10.9. The lowest BCUT2D eigenvalue weighted by molar-refractivity contribution is 0.0514. The summed E-state index contributed by atoms with van der Waals surface area (Å²) < 4.78 is 7.12. The Hall–Kier alpha value is -2.62. The van der Waals surface area contributed by atoms with Crippen LogP contribution in [0.25, 0.3) is 11.2 Å². The second-order valence-electron chi connectivity index (χ2n) is 7.66. The first-order valence-electron chi connectivity index (χ1n) is 9.16. The molecule has 1 aliphatic rings. The van der Waals surface area contributed by atoms with Gasteiger partial charge in [-0.25, -0.2) is 15.2 Å². The number of anilines is 2. The topological polar surface area (TPSA) is 131 Å². The number of rotatable bonds is 5. The van der Waals surface area contributed by atoms with Crippen LogP contribution in [0.4, 0.5) is 16.6 Å². The van der Waals surface area contributed by atoms with Crippen molar-refractivity contribution in [2.45, 2.75) is 64.6 Å². The van der Waals surface area contributed by atoms with Gasteiger partial charge in [-0.3, -0.25) is 5.01 Å². The van der Waals surface area contributed by atoms with Crippen LogP contribution in [0.1, 0.15) is 46.5 Å². The Balaban J connectivity index is 2.00. The molecule has 1 fully saturated rings. The van der Waals surface area contributed by atoms with Gasteiger partial charge >= 0.3 is 6.09 Å². The molecule has 0 unspecified atom stereocenters. The summed E-state index contributed by atoms with van der Waals surface area (Å²) in [6, 6.07) is 0.0676. The molecule has 2 aromatic rings. The summed E-state index contributed by atoms with van der Waals surface area (Å²) >= 11 is 0. The number of aliphatic hydroxyl groups is 1. The quantitative estimate of drug-likeness (QED) is 0.669. The van der Waals surface area contributed by atoms with Crippen molar-refractivity contribution in [2.75, 3.05) is 17.3 Å². The smallest absolute Gasteiger partial charge is 0.426 e. The highest BCUT2D eigenvalue weighted by atomic mass is 16.6. The van der Waals surface area contributed by atoms with E-state index in [-0.39, 0.29) is 18.6 Å². The van der Waals surface area contributed by atoms with Crippen molar-refractivity contribution in [2.24, 2.45) is 0 Å².